The van der Waals surface area contributed by atoms with Gasteiger partial charge in [-0.1, -0.05) is 0 Å². The molecule has 0 aliphatic heterocycles. The van der Waals surface area contributed by atoms with Crippen LogP contribution in [0.4, 0.5) is 11.4 Å². The normalized spacial score (nSPS) is 10.1. The molecule has 0 spiro atoms. The van der Waals surface area contributed by atoms with Gasteiger partial charge in [0.1, 0.15) is 5.75 Å². The summed E-state index contributed by atoms with van der Waals surface area (Å²) < 4.78 is 5.39. The number of nitrogens with zero attached hydrogens (tertiary/aromatic N) is 3. The van der Waals surface area contributed by atoms with Crippen LogP contribution >= 0.6 is 11.8 Å². The van der Waals surface area contributed by atoms with E-state index in [1.807, 2.05) is 13.0 Å². The summed E-state index contributed by atoms with van der Waals surface area (Å²) in [6, 6.07) is 12.8. The van der Waals surface area contributed by atoms with Gasteiger partial charge in [-0.25, -0.2) is 0 Å². The van der Waals surface area contributed by atoms with E-state index in [9.17, 15) is 19.7 Å². The molecule has 0 aliphatic rings. The molecule has 9 nitrogen and oxygen atoms in total. The number of rotatable bonds is 10. The van der Waals surface area contributed by atoms with Crippen LogP contribution < -0.4 is 15.4 Å². The Morgan fingerprint density at radius 1 is 1.27 bits per heavy atom. The minimum Gasteiger partial charge on any atom is -0.494 e. The van der Waals surface area contributed by atoms with E-state index < -0.39 is 10.8 Å². The molecule has 0 fully saturated rings. The summed E-state index contributed by atoms with van der Waals surface area (Å²) in [7, 11) is 0. The molecule has 0 saturated heterocycles. The van der Waals surface area contributed by atoms with Gasteiger partial charge in [0.15, 0.2) is 0 Å². The average molecular weight is 428 g/mol. The maximum atomic E-state index is 12.8. The van der Waals surface area contributed by atoms with Crippen molar-refractivity contribution in [2.45, 2.75) is 18.2 Å². The average Bonchev–Trinajstić information content (AvgIpc) is 2.73. The lowest BCUT2D eigenvalue weighted by Crippen LogP contribution is -2.33. The van der Waals surface area contributed by atoms with Crippen LogP contribution in [0, 0.1) is 21.4 Å². The number of amides is 2. The Labute approximate surface area is 177 Å². The summed E-state index contributed by atoms with van der Waals surface area (Å²) in [5.74, 6) is -0.514. The molecule has 0 aromatic heterocycles. The van der Waals surface area contributed by atoms with E-state index >= 15 is 0 Å². The van der Waals surface area contributed by atoms with Crippen molar-refractivity contribution in [1.82, 2.24) is 0 Å². The fourth-order valence-electron chi connectivity index (χ4n) is 2.60. The number of nitro groups is 1. The van der Waals surface area contributed by atoms with E-state index in [2.05, 4.69) is 0 Å². The topological polar surface area (TPSA) is 140 Å². The van der Waals surface area contributed by atoms with E-state index in [4.69, 9.17) is 15.7 Å². The van der Waals surface area contributed by atoms with Gasteiger partial charge >= 0.3 is 0 Å². The molecule has 10 heteroatoms. The van der Waals surface area contributed by atoms with Crippen LogP contribution in [0.15, 0.2) is 47.4 Å². The molecule has 156 valence electrons. The third-order valence-electron chi connectivity index (χ3n) is 4.00. The number of anilines is 1. The van der Waals surface area contributed by atoms with Gasteiger partial charge in [-0.15, -0.1) is 11.8 Å². The quantitative estimate of drug-likeness (QED) is 0.348. The molecule has 2 rings (SSSR count). The first-order valence-corrected chi connectivity index (χ1v) is 9.97. The molecule has 0 bridgehead atoms. The molecule has 0 radical (unpaired) electrons. The minimum atomic E-state index is -0.774. The standard InChI is InChI=1S/C20H20N4O5S/c1-2-29-16-7-5-15(6-8-16)23(11-3-10-21)19(25)13-30-18-9-4-14(20(22)26)12-17(18)24(27)28/h4-9,12H,2-3,11,13H2,1H3,(H2,22,26). The summed E-state index contributed by atoms with van der Waals surface area (Å²) in [5.41, 5.74) is 5.48. The van der Waals surface area contributed by atoms with E-state index in [-0.39, 0.29) is 40.8 Å². The lowest BCUT2D eigenvalue weighted by molar-refractivity contribution is -0.387. The monoisotopic (exact) mass is 428 g/mol. The largest absolute Gasteiger partial charge is 0.494 e. The number of ether oxygens (including phenoxy) is 1. The number of nitrogens with two attached hydrogens (primary N) is 1. The molecule has 2 amide bonds. The molecule has 2 aromatic rings. The SMILES string of the molecule is CCOc1ccc(N(CCC#N)C(=O)CSc2ccc(C(N)=O)cc2[N+](=O)[O-])cc1. The first kappa shape index (κ1) is 22.7. The molecule has 2 N–H and O–H groups in total. The highest BCUT2D eigenvalue weighted by atomic mass is 32.2. The zero-order valence-corrected chi connectivity index (χ0v) is 17.1. The first-order chi connectivity index (χ1) is 14.4. The molecule has 0 heterocycles. The van der Waals surface area contributed by atoms with Crippen LogP contribution in [0.5, 0.6) is 5.75 Å². The Kier molecular flexibility index (Phi) is 8.19. The third kappa shape index (κ3) is 5.96. The maximum absolute atomic E-state index is 12.8. The summed E-state index contributed by atoms with van der Waals surface area (Å²) in [5, 5.41) is 20.2. The van der Waals surface area contributed by atoms with Crippen LogP contribution in [0.25, 0.3) is 0 Å². The van der Waals surface area contributed by atoms with E-state index in [0.29, 0.717) is 18.0 Å². The van der Waals surface area contributed by atoms with E-state index in [1.165, 1.54) is 17.0 Å². The van der Waals surface area contributed by atoms with Crippen molar-refractivity contribution in [2.24, 2.45) is 5.73 Å². The third-order valence-corrected chi connectivity index (χ3v) is 5.05. The number of nitriles is 1. The van der Waals surface area contributed by atoms with Gasteiger partial charge in [-0.05, 0) is 43.3 Å². The first-order valence-electron chi connectivity index (χ1n) is 8.98. The highest BCUT2D eigenvalue weighted by Gasteiger charge is 2.21. The molecule has 0 aliphatic carbocycles. The van der Waals surface area contributed by atoms with Crippen LogP contribution in [0.3, 0.4) is 0 Å². The zero-order chi connectivity index (χ0) is 22.1. The Balaban J connectivity index is 2.19. The predicted octanol–water partition coefficient (Wildman–Crippen LogP) is 3.13. The smallest absolute Gasteiger partial charge is 0.283 e. The highest BCUT2D eigenvalue weighted by Crippen LogP contribution is 2.31. The van der Waals surface area contributed by atoms with Gasteiger partial charge in [0.05, 0.1) is 34.7 Å². The van der Waals surface area contributed by atoms with Gasteiger partial charge in [0.25, 0.3) is 5.69 Å². The number of nitro benzene ring substituents is 1. The summed E-state index contributed by atoms with van der Waals surface area (Å²) >= 11 is 0.979. The van der Waals surface area contributed by atoms with Crippen LogP contribution in [-0.4, -0.2) is 35.6 Å². The molecule has 0 saturated carbocycles. The highest BCUT2D eigenvalue weighted by molar-refractivity contribution is 8.00. The van der Waals surface area contributed by atoms with Gasteiger partial charge in [0, 0.05) is 23.9 Å². The van der Waals surface area contributed by atoms with Crippen molar-refractivity contribution in [3.8, 4) is 11.8 Å². The van der Waals surface area contributed by atoms with Crippen molar-refractivity contribution < 1.29 is 19.2 Å². The number of carbonyl (C=O) groups excluding carboxylic acids is 2. The fraction of sp³-hybridized carbons (Fsp3) is 0.250. The van der Waals surface area contributed by atoms with Crippen molar-refractivity contribution in [3.63, 3.8) is 0 Å². The van der Waals surface area contributed by atoms with Crippen LogP contribution in [-0.2, 0) is 4.79 Å². The second-order valence-corrected chi connectivity index (χ2v) is 6.99. The fourth-order valence-corrected chi connectivity index (χ4v) is 3.48. The van der Waals surface area contributed by atoms with Gasteiger partial charge in [-0.3, -0.25) is 19.7 Å². The lowest BCUT2D eigenvalue weighted by Gasteiger charge is -2.22. The Morgan fingerprint density at radius 2 is 1.97 bits per heavy atom. The Hall–Kier alpha value is -3.58. The van der Waals surface area contributed by atoms with Crippen molar-refractivity contribution >= 4 is 35.0 Å². The predicted molar refractivity (Wildman–Crippen MR) is 113 cm³/mol. The van der Waals surface area contributed by atoms with Crippen LogP contribution in [0.1, 0.15) is 23.7 Å². The molecule has 0 unspecified atom stereocenters. The summed E-state index contributed by atoms with van der Waals surface area (Å²) in [4.78, 5) is 36.5. The second-order valence-electron chi connectivity index (χ2n) is 5.97. The van der Waals surface area contributed by atoms with Crippen molar-refractivity contribution in [2.75, 3.05) is 23.8 Å². The van der Waals surface area contributed by atoms with Gasteiger partial charge in [-0.2, -0.15) is 5.26 Å². The van der Waals surface area contributed by atoms with E-state index in [0.717, 1.165) is 17.8 Å². The Bertz CT molecular complexity index is 972. The van der Waals surface area contributed by atoms with Crippen molar-refractivity contribution in [1.29, 1.82) is 5.26 Å². The second kappa shape index (κ2) is 10.8. The van der Waals surface area contributed by atoms with Gasteiger partial charge in [0.2, 0.25) is 11.8 Å². The van der Waals surface area contributed by atoms with Crippen molar-refractivity contribution in [3.05, 3.63) is 58.1 Å². The lowest BCUT2D eigenvalue weighted by atomic mass is 10.2. The number of hydrogen-bond donors (Lipinski definition) is 1. The number of thioether (sulfide) groups is 1. The molecule has 30 heavy (non-hydrogen) atoms. The van der Waals surface area contributed by atoms with Crippen LogP contribution in [0.2, 0.25) is 0 Å². The Morgan fingerprint density at radius 3 is 2.53 bits per heavy atom. The summed E-state index contributed by atoms with van der Waals surface area (Å²) in [6.45, 7) is 2.57. The number of hydrogen-bond acceptors (Lipinski definition) is 7. The number of benzene rings is 2. The minimum absolute atomic E-state index is 0.0161. The molecule has 2 aromatic carbocycles. The number of primary amides is 1. The van der Waals surface area contributed by atoms with Gasteiger partial charge < -0.3 is 15.4 Å². The number of carbonyl (C=O) groups is 2. The molecule has 0 atom stereocenters. The molecular weight excluding hydrogens is 408 g/mol. The molecular formula is C20H20N4O5S. The maximum Gasteiger partial charge on any atom is 0.283 e. The zero-order valence-electron chi connectivity index (χ0n) is 16.2. The summed E-state index contributed by atoms with van der Waals surface area (Å²) in [6.07, 6.45) is 0.136. The van der Waals surface area contributed by atoms with E-state index in [1.54, 1.807) is 24.3 Å².